The molecule has 1 aromatic rings. The van der Waals surface area contributed by atoms with E-state index in [9.17, 15) is 4.79 Å². The minimum absolute atomic E-state index is 0.134. The van der Waals surface area contributed by atoms with E-state index in [1.54, 1.807) is 24.3 Å². The van der Waals surface area contributed by atoms with Gasteiger partial charge in [0, 0.05) is 16.7 Å². The quantitative estimate of drug-likeness (QED) is 0.767. The molecule has 0 radical (unpaired) electrons. The molecule has 0 amide bonds. The average Bonchev–Trinajstić information content (AvgIpc) is 2.47. The minimum atomic E-state index is -0.604. The molecule has 72 valence electrons. The first-order valence-corrected chi connectivity index (χ1v) is 4.48. The Morgan fingerprint density at radius 1 is 1.29 bits per heavy atom. The van der Waals surface area contributed by atoms with Crippen LogP contribution in [0.5, 0.6) is 0 Å². The van der Waals surface area contributed by atoms with Gasteiger partial charge < -0.3 is 10.5 Å². The Morgan fingerprint density at radius 3 is 2.43 bits per heavy atom. The van der Waals surface area contributed by atoms with Crippen LogP contribution in [-0.2, 0) is 9.53 Å². The molecule has 0 fully saturated rings. The zero-order valence-corrected chi connectivity index (χ0v) is 7.99. The third-order valence-corrected chi connectivity index (χ3v) is 2.22. The maximum absolute atomic E-state index is 11.4. The van der Waals surface area contributed by atoms with Crippen molar-refractivity contribution in [1.82, 2.24) is 0 Å². The molecule has 0 aromatic heterocycles. The molecule has 0 bridgehead atoms. The van der Waals surface area contributed by atoms with Crippen LogP contribution in [0, 0.1) is 0 Å². The highest BCUT2D eigenvalue weighted by Gasteiger charge is 2.26. The molecular weight excluding hydrogens is 202 g/mol. The van der Waals surface area contributed by atoms with Crippen LogP contribution in [0.4, 0.5) is 0 Å². The highest BCUT2D eigenvalue weighted by Crippen LogP contribution is 2.26. The Morgan fingerprint density at radius 2 is 1.93 bits per heavy atom. The smallest absolute Gasteiger partial charge is 0.206 e. The lowest BCUT2D eigenvalue weighted by Gasteiger charge is -2.09. The van der Waals surface area contributed by atoms with Crippen molar-refractivity contribution in [3.05, 3.63) is 46.8 Å². The van der Waals surface area contributed by atoms with Gasteiger partial charge in [-0.15, -0.1) is 0 Å². The molecular formula is C10H8ClNO2. The van der Waals surface area contributed by atoms with Crippen LogP contribution < -0.4 is 5.73 Å². The van der Waals surface area contributed by atoms with Gasteiger partial charge in [0.15, 0.2) is 12.0 Å². The monoisotopic (exact) mass is 209 g/mol. The van der Waals surface area contributed by atoms with Crippen molar-refractivity contribution in [2.45, 2.75) is 6.10 Å². The van der Waals surface area contributed by atoms with E-state index in [1.165, 1.54) is 6.08 Å². The van der Waals surface area contributed by atoms with Gasteiger partial charge in [-0.05, 0) is 12.1 Å². The summed E-state index contributed by atoms with van der Waals surface area (Å²) in [5.74, 6) is 0.0276. The van der Waals surface area contributed by atoms with Crippen LogP contribution in [0.1, 0.15) is 11.7 Å². The third-order valence-electron chi connectivity index (χ3n) is 1.97. The van der Waals surface area contributed by atoms with Crippen molar-refractivity contribution in [3.63, 3.8) is 0 Å². The SMILES string of the molecule is NC1=CC(=O)C(c2ccc(Cl)cc2)O1. The molecule has 1 heterocycles. The number of rotatable bonds is 1. The molecule has 2 rings (SSSR count). The van der Waals surface area contributed by atoms with E-state index in [2.05, 4.69) is 0 Å². The second kappa shape index (κ2) is 3.35. The molecule has 3 nitrogen and oxygen atoms in total. The standard InChI is InChI=1S/C10H8ClNO2/c11-7-3-1-6(2-4-7)10-8(13)5-9(12)14-10/h1-5,10H,12H2. The van der Waals surface area contributed by atoms with Gasteiger partial charge in [0.1, 0.15) is 0 Å². The summed E-state index contributed by atoms with van der Waals surface area (Å²) in [6.07, 6.45) is 0.687. The molecule has 1 unspecified atom stereocenters. The number of halogens is 1. The number of hydrogen-bond donors (Lipinski definition) is 1. The predicted molar refractivity (Wildman–Crippen MR) is 52.6 cm³/mol. The van der Waals surface area contributed by atoms with Crippen molar-refractivity contribution in [1.29, 1.82) is 0 Å². The first-order chi connectivity index (χ1) is 6.66. The Labute approximate surface area is 86.1 Å². The van der Waals surface area contributed by atoms with Crippen molar-refractivity contribution in [3.8, 4) is 0 Å². The number of ether oxygens (including phenoxy) is 1. The average molecular weight is 210 g/mol. The van der Waals surface area contributed by atoms with Gasteiger partial charge in [0.25, 0.3) is 0 Å². The van der Waals surface area contributed by atoms with Crippen molar-refractivity contribution >= 4 is 17.4 Å². The van der Waals surface area contributed by atoms with Crippen LogP contribution in [-0.4, -0.2) is 5.78 Å². The van der Waals surface area contributed by atoms with Crippen molar-refractivity contribution in [2.24, 2.45) is 5.73 Å². The first kappa shape index (κ1) is 9.09. The summed E-state index contributed by atoms with van der Waals surface area (Å²) in [5, 5.41) is 0.625. The van der Waals surface area contributed by atoms with E-state index in [0.717, 1.165) is 5.56 Å². The van der Waals surface area contributed by atoms with E-state index >= 15 is 0 Å². The number of carbonyl (C=O) groups is 1. The largest absolute Gasteiger partial charge is 0.463 e. The molecule has 1 atom stereocenters. The first-order valence-electron chi connectivity index (χ1n) is 4.10. The third kappa shape index (κ3) is 1.59. The minimum Gasteiger partial charge on any atom is -0.463 e. The van der Waals surface area contributed by atoms with Crippen LogP contribution >= 0.6 is 11.6 Å². The Hall–Kier alpha value is -1.48. The summed E-state index contributed by atoms with van der Waals surface area (Å²) in [6, 6.07) is 6.92. The van der Waals surface area contributed by atoms with Crippen LogP contribution in [0.25, 0.3) is 0 Å². The van der Waals surface area contributed by atoms with Crippen molar-refractivity contribution < 1.29 is 9.53 Å². The van der Waals surface area contributed by atoms with E-state index in [4.69, 9.17) is 22.1 Å². The molecule has 0 saturated carbocycles. The molecule has 1 aliphatic rings. The molecule has 1 aromatic carbocycles. The molecule has 1 aliphatic heterocycles. The lowest BCUT2D eigenvalue weighted by atomic mass is 10.1. The fourth-order valence-corrected chi connectivity index (χ4v) is 1.44. The van der Waals surface area contributed by atoms with Crippen LogP contribution in [0.3, 0.4) is 0 Å². The number of nitrogens with two attached hydrogens (primary N) is 1. The number of hydrogen-bond acceptors (Lipinski definition) is 3. The maximum Gasteiger partial charge on any atom is 0.206 e. The number of benzene rings is 1. The fraction of sp³-hybridized carbons (Fsp3) is 0.100. The van der Waals surface area contributed by atoms with Gasteiger partial charge in [0.05, 0.1) is 0 Å². The lowest BCUT2D eigenvalue weighted by molar-refractivity contribution is -0.120. The number of ketones is 1. The molecule has 0 aliphatic carbocycles. The molecule has 2 N–H and O–H groups in total. The zero-order chi connectivity index (χ0) is 10.1. The van der Waals surface area contributed by atoms with Crippen LogP contribution in [0.2, 0.25) is 5.02 Å². The molecule has 4 heteroatoms. The Kier molecular flexibility index (Phi) is 2.17. The van der Waals surface area contributed by atoms with Gasteiger partial charge >= 0.3 is 0 Å². The second-order valence-corrected chi connectivity index (χ2v) is 3.43. The topological polar surface area (TPSA) is 52.3 Å². The Balaban J connectivity index is 2.26. The summed E-state index contributed by atoms with van der Waals surface area (Å²) in [5.41, 5.74) is 6.14. The molecule has 14 heavy (non-hydrogen) atoms. The van der Waals surface area contributed by atoms with E-state index in [1.807, 2.05) is 0 Å². The normalized spacial score (nSPS) is 20.5. The second-order valence-electron chi connectivity index (χ2n) is 3.00. The summed E-state index contributed by atoms with van der Waals surface area (Å²) in [6.45, 7) is 0. The van der Waals surface area contributed by atoms with Gasteiger partial charge in [-0.2, -0.15) is 0 Å². The highest BCUT2D eigenvalue weighted by molar-refractivity contribution is 6.30. The van der Waals surface area contributed by atoms with Gasteiger partial charge in [-0.1, -0.05) is 23.7 Å². The molecule has 0 saturated heterocycles. The van der Waals surface area contributed by atoms with E-state index in [0.29, 0.717) is 5.02 Å². The van der Waals surface area contributed by atoms with E-state index < -0.39 is 6.10 Å². The maximum atomic E-state index is 11.4. The predicted octanol–water partition coefficient (Wildman–Crippen LogP) is 1.78. The molecule has 0 spiro atoms. The highest BCUT2D eigenvalue weighted by atomic mass is 35.5. The van der Waals surface area contributed by atoms with Crippen molar-refractivity contribution in [2.75, 3.05) is 0 Å². The number of carbonyl (C=O) groups excluding carboxylic acids is 1. The summed E-state index contributed by atoms with van der Waals surface area (Å²) in [4.78, 5) is 11.4. The van der Waals surface area contributed by atoms with Gasteiger partial charge in [0.2, 0.25) is 5.78 Å². The summed E-state index contributed by atoms with van der Waals surface area (Å²) >= 11 is 5.72. The van der Waals surface area contributed by atoms with Gasteiger partial charge in [-0.3, -0.25) is 4.79 Å². The fourth-order valence-electron chi connectivity index (χ4n) is 1.31. The Bertz CT molecular complexity index is 397. The summed E-state index contributed by atoms with van der Waals surface area (Å²) < 4.78 is 5.15. The van der Waals surface area contributed by atoms with Crippen LogP contribution in [0.15, 0.2) is 36.2 Å². The van der Waals surface area contributed by atoms with E-state index in [-0.39, 0.29) is 11.7 Å². The summed E-state index contributed by atoms with van der Waals surface area (Å²) in [7, 11) is 0. The van der Waals surface area contributed by atoms with Gasteiger partial charge in [-0.25, -0.2) is 0 Å². The zero-order valence-electron chi connectivity index (χ0n) is 7.24. The lowest BCUT2D eigenvalue weighted by Crippen LogP contribution is -2.07.